The quantitative estimate of drug-likeness (QED) is 0.593. The van der Waals surface area contributed by atoms with E-state index in [1.807, 2.05) is 22.6 Å². The van der Waals surface area contributed by atoms with E-state index in [1.165, 1.54) is 0 Å². The number of ketones is 1. The van der Waals surface area contributed by atoms with E-state index in [1.54, 1.807) is 6.08 Å². The minimum Gasteiger partial charge on any atom is -0.343 e. The Hall–Kier alpha value is 0.0600. The third-order valence-electron chi connectivity index (χ3n) is 1.49. The van der Waals surface area contributed by atoms with Gasteiger partial charge in [0, 0.05) is 0 Å². The van der Waals surface area contributed by atoms with E-state index in [-0.39, 0.29) is 11.9 Å². The number of carbonyl (C=O) groups is 1. The van der Waals surface area contributed by atoms with Crippen LogP contribution in [-0.2, 0) is 14.3 Å². The molecule has 0 N–H and O–H groups in total. The first kappa shape index (κ1) is 6.75. The highest BCUT2D eigenvalue weighted by molar-refractivity contribution is 14.1. The largest absolute Gasteiger partial charge is 0.343 e. The van der Waals surface area contributed by atoms with Crippen molar-refractivity contribution in [3.8, 4) is 0 Å². The minimum atomic E-state index is -0.609. The second kappa shape index (κ2) is 2.28. The van der Waals surface area contributed by atoms with E-state index in [4.69, 9.17) is 9.47 Å². The predicted octanol–water partition coefficient (Wildman–Crippen LogP) is 0.629. The lowest BCUT2D eigenvalue weighted by molar-refractivity contribution is -0.141. The van der Waals surface area contributed by atoms with Crippen molar-refractivity contribution >= 4 is 28.4 Å². The van der Waals surface area contributed by atoms with Crippen molar-refractivity contribution in [2.75, 3.05) is 6.61 Å². The highest BCUT2D eigenvalue weighted by atomic mass is 127. The van der Waals surface area contributed by atoms with Gasteiger partial charge in [-0.15, -0.1) is 0 Å². The van der Waals surface area contributed by atoms with Crippen LogP contribution in [0.2, 0.25) is 0 Å². The number of carbonyl (C=O) groups excluding carboxylic acids is 1. The highest BCUT2D eigenvalue weighted by Gasteiger charge is 2.36. The molecule has 0 aromatic rings. The van der Waals surface area contributed by atoms with Gasteiger partial charge in [0.2, 0.25) is 12.1 Å². The van der Waals surface area contributed by atoms with Crippen molar-refractivity contribution in [1.29, 1.82) is 0 Å². The lowest BCUT2D eigenvalue weighted by atomic mass is 10.2. The Balaban J connectivity index is 2.33. The topological polar surface area (TPSA) is 35.5 Å². The fourth-order valence-electron chi connectivity index (χ4n) is 1.00. The monoisotopic (exact) mass is 252 g/mol. The number of hydrogen-bond donors (Lipinski definition) is 0. The number of hydrogen-bond acceptors (Lipinski definition) is 3. The fourth-order valence-corrected chi connectivity index (χ4v) is 1.66. The lowest BCUT2D eigenvalue weighted by Crippen LogP contribution is -2.26. The molecule has 2 atom stereocenters. The maximum atomic E-state index is 11.1. The molecular formula is C6H5IO3. The van der Waals surface area contributed by atoms with E-state index in [0.717, 1.165) is 3.58 Å². The summed E-state index contributed by atoms with van der Waals surface area (Å²) in [5.41, 5.74) is 0. The van der Waals surface area contributed by atoms with Crippen LogP contribution in [-0.4, -0.2) is 24.8 Å². The number of rotatable bonds is 0. The summed E-state index contributed by atoms with van der Waals surface area (Å²) in [6.45, 7) is 0.517. The molecule has 0 amide bonds. The van der Waals surface area contributed by atoms with Crippen LogP contribution in [0.4, 0.5) is 0 Å². The molecule has 0 saturated carbocycles. The first-order chi connectivity index (χ1) is 4.77. The Kier molecular flexibility index (Phi) is 1.54. The van der Waals surface area contributed by atoms with Gasteiger partial charge in [-0.25, -0.2) is 0 Å². The maximum Gasteiger partial charge on any atom is 0.224 e. The van der Waals surface area contributed by atoms with E-state index in [9.17, 15) is 4.79 Å². The molecule has 1 fully saturated rings. The summed E-state index contributed by atoms with van der Waals surface area (Å²) < 4.78 is 10.9. The zero-order valence-corrected chi connectivity index (χ0v) is 7.20. The van der Waals surface area contributed by atoms with Crippen LogP contribution in [0.5, 0.6) is 0 Å². The van der Waals surface area contributed by atoms with E-state index in [2.05, 4.69) is 0 Å². The average Bonchev–Trinajstić information content (AvgIpc) is 2.29. The normalized spacial score (nSPS) is 38.1. The zero-order chi connectivity index (χ0) is 7.14. The Labute approximate surface area is 71.5 Å². The Morgan fingerprint density at radius 2 is 2.50 bits per heavy atom. The van der Waals surface area contributed by atoms with Crippen LogP contribution in [0.3, 0.4) is 0 Å². The van der Waals surface area contributed by atoms with Crippen molar-refractivity contribution in [2.45, 2.75) is 12.4 Å². The molecule has 54 valence electrons. The number of ether oxygens (including phenoxy) is 2. The Bertz CT molecular complexity index is 211. The van der Waals surface area contributed by atoms with Crippen LogP contribution in [0.15, 0.2) is 9.66 Å². The molecule has 10 heavy (non-hydrogen) atoms. The first-order valence-electron chi connectivity index (χ1n) is 2.96. The van der Waals surface area contributed by atoms with Gasteiger partial charge in [0.15, 0.2) is 0 Å². The van der Waals surface area contributed by atoms with E-state index >= 15 is 0 Å². The van der Waals surface area contributed by atoms with Gasteiger partial charge in [-0.05, 0) is 28.7 Å². The van der Waals surface area contributed by atoms with Gasteiger partial charge in [-0.3, -0.25) is 4.79 Å². The van der Waals surface area contributed by atoms with Gasteiger partial charge in [-0.1, -0.05) is 0 Å². The molecule has 0 aromatic heterocycles. The van der Waals surface area contributed by atoms with Crippen LogP contribution in [0, 0.1) is 0 Å². The van der Waals surface area contributed by atoms with Gasteiger partial charge in [0.1, 0.15) is 6.10 Å². The summed E-state index contributed by atoms with van der Waals surface area (Å²) in [5, 5.41) is 0. The molecule has 4 heteroatoms. The van der Waals surface area contributed by atoms with Crippen molar-refractivity contribution in [3.63, 3.8) is 0 Å². The first-order valence-corrected chi connectivity index (χ1v) is 4.04. The van der Waals surface area contributed by atoms with Crippen LogP contribution in [0.1, 0.15) is 0 Å². The summed E-state index contributed by atoms with van der Waals surface area (Å²) in [6.07, 6.45) is 1.20. The summed E-state index contributed by atoms with van der Waals surface area (Å²) >= 11 is 2.00. The van der Waals surface area contributed by atoms with Crippen LogP contribution >= 0.6 is 22.6 Å². The SMILES string of the molecule is O=C1C(I)=C[C@@H]2CO[C@H]1O2. The Morgan fingerprint density at radius 1 is 1.70 bits per heavy atom. The smallest absolute Gasteiger partial charge is 0.224 e. The van der Waals surface area contributed by atoms with Gasteiger partial charge in [-0.2, -0.15) is 0 Å². The van der Waals surface area contributed by atoms with Gasteiger partial charge >= 0.3 is 0 Å². The molecule has 0 unspecified atom stereocenters. The molecule has 2 rings (SSSR count). The molecule has 0 radical (unpaired) electrons. The van der Waals surface area contributed by atoms with Crippen molar-refractivity contribution in [3.05, 3.63) is 9.66 Å². The van der Waals surface area contributed by atoms with Crippen LogP contribution < -0.4 is 0 Å². The van der Waals surface area contributed by atoms with Crippen molar-refractivity contribution in [2.24, 2.45) is 0 Å². The molecule has 1 saturated heterocycles. The van der Waals surface area contributed by atoms with Crippen LogP contribution in [0.25, 0.3) is 0 Å². The fraction of sp³-hybridized carbons (Fsp3) is 0.500. The van der Waals surface area contributed by atoms with Gasteiger partial charge < -0.3 is 9.47 Å². The number of Topliss-reactive ketones (excluding diaryl/α,β-unsaturated/α-hetero) is 1. The standard InChI is InChI=1S/C6H5IO3/c7-4-1-3-2-9-6(10-3)5(4)8/h1,3,6H,2H2/t3-,6+/m1/s1. The molecule has 0 aromatic carbocycles. The molecular weight excluding hydrogens is 247 g/mol. The predicted molar refractivity (Wildman–Crippen MR) is 41.7 cm³/mol. The molecule has 0 spiro atoms. The molecule has 2 bridgehead atoms. The summed E-state index contributed by atoms with van der Waals surface area (Å²) in [4.78, 5) is 11.1. The lowest BCUT2D eigenvalue weighted by Gasteiger charge is -2.12. The zero-order valence-electron chi connectivity index (χ0n) is 5.04. The van der Waals surface area contributed by atoms with Crippen molar-refractivity contribution in [1.82, 2.24) is 0 Å². The van der Waals surface area contributed by atoms with Crippen molar-refractivity contribution < 1.29 is 14.3 Å². The van der Waals surface area contributed by atoms with Gasteiger partial charge in [0.05, 0.1) is 10.2 Å². The van der Waals surface area contributed by atoms with E-state index in [0.29, 0.717) is 6.61 Å². The third kappa shape index (κ3) is 0.906. The second-order valence-corrected chi connectivity index (χ2v) is 3.38. The summed E-state index contributed by atoms with van der Waals surface area (Å²) in [5.74, 6) is -0.0469. The second-order valence-electron chi connectivity index (χ2n) is 2.22. The molecule has 2 aliphatic heterocycles. The molecule has 3 nitrogen and oxygen atoms in total. The maximum absolute atomic E-state index is 11.1. The van der Waals surface area contributed by atoms with E-state index < -0.39 is 6.29 Å². The van der Waals surface area contributed by atoms with Gasteiger partial charge in [0.25, 0.3) is 0 Å². The average molecular weight is 252 g/mol. The highest BCUT2D eigenvalue weighted by Crippen LogP contribution is 2.26. The number of halogens is 1. The number of fused-ring (bicyclic) bond motifs is 2. The third-order valence-corrected chi connectivity index (χ3v) is 2.38. The summed E-state index contributed by atoms with van der Waals surface area (Å²) in [7, 11) is 0. The molecule has 2 heterocycles. The molecule has 0 aliphatic carbocycles. The summed E-state index contributed by atoms with van der Waals surface area (Å²) in [6, 6.07) is 0. The Morgan fingerprint density at radius 3 is 3.30 bits per heavy atom. The molecule has 2 aliphatic rings. The minimum absolute atomic E-state index is 0.00889.